The van der Waals surface area contributed by atoms with Gasteiger partial charge in [-0.15, -0.1) is 0 Å². The van der Waals surface area contributed by atoms with Gasteiger partial charge in [-0.2, -0.15) is 0 Å². The van der Waals surface area contributed by atoms with Gasteiger partial charge in [0.05, 0.1) is 12.6 Å². The minimum atomic E-state index is 0.153. The van der Waals surface area contributed by atoms with Crippen molar-refractivity contribution >= 4 is 11.9 Å². The van der Waals surface area contributed by atoms with Crippen molar-refractivity contribution in [2.24, 2.45) is 4.99 Å². The van der Waals surface area contributed by atoms with Crippen LogP contribution >= 0.6 is 0 Å². The minimum absolute atomic E-state index is 0.153. The summed E-state index contributed by atoms with van der Waals surface area (Å²) in [5, 5.41) is 3.41. The number of hydrogen-bond donors (Lipinski definition) is 1. The molecule has 0 aliphatic carbocycles. The molecular formula is C21H35N5O. The van der Waals surface area contributed by atoms with Crippen LogP contribution in [0, 0.1) is 0 Å². The van der Waals surface area contributed by atoms with E-state index in [-0.39, 0.29) is 11.9 Å². The molecular weight excluding hydrogens is 338 g/mol. The van der Waals surface area contributed by atoms with Crippen LogP contribution in [0.25, 0.3) is 0 Å². The van der Waals surface area contributed by atoms with Gasteiger partial charge in [0.2, 0.25) is 5.91 Å². The molecule has 1 saturated heterocycles. The molecule has 1 atom stereocenters. The number of nitrogens with one attached hydrogen (secondary N) is 1. The molecule has 0 radical (unpaired) electrons. The van der Waals surface area contributed by atoms with Gasteiger partial charge in [0, 0.05) is 39.6 Å². The number of aliphatic imine (C=N–C) groups is 1. The summed E-state index contributed by atoms with van der Waals surface area (Å²) in [4.78, 5) is 22.9. The summed E-state index contributed by atoms with van der Waals surface area (Å²) in [7, 11) is 4.21. The highest BCUT2D eigenvalue weighted by Gasteiger charge is 2.21. The molecule has 1 N–H and O–H groups in total. The topological polar surface area (TPSA) is 51.2 Å². The molecule has 27 heavy (non-hydrogen) atoms. The van der Waals surface area contributed by atoms with E-state index in [1.165, 1.54) is 11.1 Å². The maximum atomic E-state index is 11.5. The van der Waals surface area contributed by atoms with Crippen molar-refractivity contribution in [2.45, 2.75) is 33.2 Å². The van der Waals surface area contributed by atoms with Crippen molar-refractivity contribution in [1.82, 2.24) is 20.0 Å². The van der Waals surface area contributed by atoms with Crippen LogP contribution in [0.2, 0.25) is 0 Å². The van der Waals surface area contributed by atoms with Crippen LogP contribution in [0.3, 0.4) is 0 Å². The number of nitrogens with zero attached hydrogens (tertiary/aromatic N) is 4. The number of amides is 1. The van der Waals surface area contributed by atoms with Gasteiger partial charge in [0.1, 0.15) is 0 Å². The van der Waals surface area contributed by atoms with Gasteiger partial charge in [-0.3, -0.25) is 9.79 Å². The Bertz CT molecular complexity index is 618. The first-order chi connectivity index (χ1) is 13.0. The van der Waals surface area contributed by atoms with Gasteiger partial charge in [0.15, 0.2) is 5.96 Å². The molecule has 1 fully saturated rings. The zero-order valence-corrected chi connectivity index (χ0v) is 17.5. The van der Waals surface area contributed by atoms with E-state index >= 15 is 0 Å². The first kappa shape index (κ1) is 21.2. The fraction of sp³-hybridized carbons (Fsp3) is 0.619. The zero-order valence-electron chi connectivity index (χ0n) is 17.5. The molecule has 6 nitrogen and oxygen atoms in total. The van der Waals surface area contributed by atoms with E-state index in [1.807, 2.05) is 4.90 Å². The van der Waals surface area contributed by atoms with Crippen LogP contribution in [0.15, 0.2) is 29.3 Å². The fourth-order valence-corrected chi connectivity index (χ4v) is 3.37. The van der Waals surface area contributed by atoms with Crippen molar-refractivity contribution < 1.29 is 4.79 Å². The maximum Gasteiger partial charge on any atom is 0.219 e. The number of aryl methyl sites for hydroxylation is 1. The third-order valence-electron chi connectivity index (χ3n) is 5.17. The predicted molar refractivity (Wildman–Crippen MR) is 112 cm³/mol. The Morgan fingerprint density at radius 3 is 2.19 bits per heavy atom. The standard InChI is InChI=1S/C21H35N5O/c1-6-18-8-10-19(11-9-18)20(24(4)5)16-23-21(22-7-2)26-14-12-25(13-15-26)17(3)27/h8-11,20H,6-7,12-16H2,1-5H3,(H,22,23). The Kier molecular flexibility index (Phi) is 8.10. The van der Waals surface area contributed by atoms with Crippen molar-refractivity contribution in [2.75, 3.05) is 53.4 Å². The Labute approximate surface area is 164 Å². The van der Waals surface area contributed by atoms with Gasteiger partial charge >= 0.3 is 0 Å². The molecule has 1 aliphatic rings. The van der Waals surface area contributed by atoms with Crippen molar-refractivity contribution in [1.29, 1.82) is 0 Å². The third-order valence-corrected chi connectivity index (χ3v) is 5.17. The summed E-state index contributed by atoms with van der Waals surface area (Å²) < 4.78 is 0. The van der Waals surface area contributed by atoms with Crippen molar-refractivity contribution in [3.63, 3.8) is 0 Å². The SMILES string of the molecule is CCNC(=NCC(c1ccc(CC)cc1)N(C)C)N1CCN(C(C)=O)CC1. The summed E-state index contributed by atoms with van der Waals surface area (Å²) >= 11 is 0. The maximum absolute atomic E-state index is 11.5. The Morgan fingerprint density at radius 2 is 1.70 bits per heavy atom. The molecule has 1 aromatic rings. The molecule has 1 aromatic carbocycles. The number of carbonyl (C=O) groups is 1. The van der Waals surface area contributed by atoms with Gasteiger partial charge in [-0.25, -0.2) is 0 Å². The van der Waals surface area contributed by atoms with Crippen molar-refractivity contribution in [3.05, 3.63) is 35.4 Å². The highest BCUT2D eigenvalue weighted by atomic mass is 16.2. The smallest absolute Gasteiger partial charge is 0.219 e. The molecule has 150 valence electrons. The number of hydrogen-bond acceptors (Lipinski definition) is 3. The summed E-state index contributed by atoms with van der Waals surface area (Å²) in [6.45, 7) is 10.6. The average molecular weight is 374 g/mol. The first-order valence-corrected chi connectivity index (χ1v) is 10.00. The monoisotopic (exact) mass is 373 g/mol. The highest BCUT2D eigenvalue weighted by molar-refractivity contribution is 5.80. The van der Waals surface area contributed by atoms with Gasteiger partial charge in [-0.05, 0) is 38.6 Å². The molecule has 1 amide bonds. The molecule has 0 spiro atoms. The second-order valence-electron chi connectivity index (χ2n) is 7.26. The lowest BCUT2D eigenvalue weighted by atomic mass is 10.0. The normalized spacial score (nSPS) is 16.6. The van der Waals surface area contributed by atoms with E-state index in [4.69, 9.17) is 4.99 Å². The Hall–Kier alpha value is -2.08. The average Bonchev–Trinajstić information content (AvgIpc) is 2.67. The fourth-order valence-electron chi connectivity index (χ4n) is 3.37. The van der Waals surface area contributed by atoms with Crippen LogP contribution in [-0.4, -0.2) is 79.9 Å². The first-order valence-electron chi connectivity index (χ1n) is 10.00. The summed E-state index contributed by atoms with van der Waals surface area (Å²) in [5.41, 5.74) is 2.65. The second-order valence-corrected chi connectivity index (χ2v) is 7.26. The summed E-state index contributed by atoms with van der Waals surface area (Å²) in [6, 6.07) is 9.10. The van der Waals surface area contributed by atoms with Crippen LogP contribution in [0.5, 0.6) is 0 Å². The highest BCUT2D eigenvalue weighted by Crippen LogP contribution is 2.20. The van der Waals surface area contributed by atoms with Crippen LogP contribution < -0.4 is 5.32 Å². The largest absolute Gasteiger partial charge is 0.357 e. The Morgan fingerprint density at radius 1 is 1.11 bits per heavy atom. The Balaban J connectivity index is 2.09. The molecule has 1 unspecified atom stereocenters. The lowest BCUT2D eigenvalue weighted by Crippen LogP contribution is -2.53. The van der Waals surface area contributed by atoms with E-state index in [0.717, 1.165) is 45.1 Å². The number of rotatable bonds is 6. The van der Waals surface area contributed by atoms with E-state index in [2.05, 4.69) is 67.3 Å². The van der Waals surface area contributed by atoms with Crippen LogP contribution in [-0.2, 0) is 11.2 Å². The van der Waals surface area contributed by atoms with Gasteiger partial charge in [-0.1, -0.05) is 31.2 Å². The van der Waals surface area contributed by atoms with Gasteiger partial charge < -0.3 is 20.0 Å². The van der Waals surface area contributed by atoms with E-state index in [1.54, 1.807) is 6.92 Å². The van der Waals surface area contributed by atoms with Crippen molar-refractivity contribution in [3.8, 4) is 0 Å². The van der Waals surface area contributed by atoms with Crippen LogP contribution in [0.4, 0.5) is 0 Å². The molecule has 0 bridgehead atoms. The zero-order chi connectivity index (χ0) is 19.8. The molecule has 0 aromatic heterocycles. The molecule has 6 heteroatoms. The summed E-state index contributed by atoms with van der Waals surface area (Å²) in [6.07, 6.45) is 1.06. The molecule has 1 heterocycles. The minimum Gasteiger partial charge on any atom is -0.357 e. The van der Waals surface area contributed by atoms with Crippen LogP contribution in [0.1, 0.15) is 37.9 Å². The quantitative estimate of drug-likeness (QED) is 0.612. The molecule has 0 saturated carbocycles. The number of benzene rings is 1. The molecule has 1 aliphatic heterocycles. The number of piperazine rings is 1. The third kappa shape index (κ3) is 5.96. The number of likely N-dealkylation sites (N-methyl/N-ethyl adjacent to an activating group) is 1. The van der Waals surface area contributed by atoms with E-state index < -0.39 is 0 Å². The lowest BCUT2D eigenvalue weighted by molar-refractivity contribution is -0.130. The second kappa shape index (κ2) is 10.3. The molecule has 2 rings (SSSR count). The van der Waals surface area contributed by atoms with Gasteiger partial charge in [0.25, 0.3) is 0 Å². The van der Waals surface area contributed by atoms with E-state index in [0.29, 0.717) is 6.54 Å². The summed E-state index contributed by atoms with van der Waals surface area (Å²) in [5.74, 6) is 1.09. The number of guanidine groups is 1. The van der Waals surface area contributed by atoms with E-state index in [9.17, 15) is 4.79 Å². The predicted octanol–water partition coefficient (Wildman–Crippen LogP) is 1.98. The lowest BCUT2D eigenvalue weighted by Gasteiger charge is -2.36. The number of carbonyl (C=O) groups excluding carboxylic acids is 1.